The summed E-state index contributed by atoms with van der Waals surface area (Å²) in [6.07, 6.45) is 5.82. The third-order valence-corrected chi connectivity index (χ3v) is 9.15. The van der Waals surface area contributed by atoms with E-state index in [0.29, 0.717) is 22.7 Å². The van der Waals surface area contributed by atoms with Crippen LogP contribution in [0.25, 0.3) is 0 Å². The smallest absolute Gasteiger partial charge is 0.313 e. The van der Waals surface area contributed by atoms with Gasteiger partial charge >= 0.3 is 5.97 Å². The normalized spacial score (nSPS) is 31.2. The maximum Gasteiger partial charge on any atom is 0.313 e. The average Bonchev–Trinajstić information content (AvgIpc) is 3.39. The van der Waals surface area contributed by atoms with Gasteiger partial charge in [-0.2, -0.15) is 0 Å². The number of hydrogen-bond donors (Lipinski definition) is 2. The molecule has 4 heterocycles. The summed E-state index contributed by atoms with van der Waals surface area (Å²) in [6.45, 7) is 1.56. The Morgan fingerprint density at radius 1 is 1.05 bits per heavy atom. The molecule has 2 saturated heterocycles. The number of carbonyl (C=O) groups is 4. The predicted octanol–water partition coefficient (Wildman–Crippen LogP) is 2.88. The molecule has 44 heavy (non-hydrogen) atoms. The lowest BCUT2D eigenvalue weighted by Gasteiger charge is -2.35. The number of halogens is 1. The van der Waals surface area contributed by atoms with E-state index in [-0.39, 0.29) is 38.6 Å². The minimum Gasteiger partial charge on any atom is -0.455 e. The van der Waals surface area contributed by atoms with Gasteiger partial charge in [-0.15, -0.1) is 0 Å². The highest BCUT2D eigenvalue weighted by atomic mass is 35.5. The number of aliphatic hydroxyl groups excluding tert-OH is 1. The first-order chi connectivity index (χ1) is 21.3. The third kappa shape index (κ3) is 5.10. The molecule has 2 N–H and O–H groups in total. The molecule has 0 aromatic heterocycles. The van der Waals surface area contributed by atoms with Crippen molar-refractivity contribution >= 4 is 41.0 Å². The summed E-state index contributed by atoms with van der Waals surface area (Å²) in [4.78, 5) is 58.2. The second-order valence-electron chi connectivity index (χ2n) is 11.5. The SMILES string of the molecule is Cc1cccc(Cl)c1N1CC=C[C@@]23O[C@H]4/C=C\CCC(=O)NC[C@H](c5ccccc5)OC(=O)[C@H]4[C@@H]2C(=O)N(CCO)[C@H]3C1=O. The van der Waals surface area contributed by atoms with E-state index in [1.54, 1.807) is 48.6 Å². The molecule has 3 amide bonds. The number of fused-ring (bicyclic) bond motifs is 2. The summed E-state index contributed by atoms with van der Waals surface area (Å²) < 4.78 is 12.7. The van der Waals surface area contributed by atoms with Gasteiger partial charge in [0.15, 0.2) is 0 Å². The van der Waals surface area contributed by atoms with E-state index in [1.807, 2.05) is 31.2 Å². The van der Waals surface area contributed by atoms with Crippen molar-refractivity contribution in [3.05, 3.63) is 89.0 Å². The Bertz CT molecular complexity index is 1510. The highest BCUT2D eigenvalue weighted by Crippen LogP contribution is 2.53. The largest absolute Gasteiger partial charge is 0.455 e. The third-order valence-electron chi connectivity index (χ3n) is 8.84. The molecular weight excluding hydrogens is 586 g/mol. The zero-order valence-corrected chi connectivity index (χ0v) is 25.0. The number of aryl methyl sites for hydroxylation is 1. The van der Waals surface area contributed by atoms with Crippen molar-refractivity contribution in [1.82, 2.24) is 10.2 Å². The Labute approximate surface area is 260 Å². The minimum atomic E-state index is -1.51. The molecule has 2 aromatic carbocycles. The topological polar surface area (TPSA) is 125 Å². The predicted molar refractivity (Wildman–Crippen MR) is 162 cm³/mol. The number of rotatable bonds is 4. The van der Waals surface area contributed by atoms with Crippen LogP contribution in [0.4, 0.5) is 5.69 Å². The Kier molecular flexibility index (Phi) is 8.32. The van der Waals surface area contributed by atoms with E-state index in [1.165, 1.54) is 9.80 Å². The molecule has 2 aromatic rings. The van der Waals surface area contributed by atoms with Crippen molar-refractivity contribution in [2.45, 2.75) is 43.6 Å². The van der Waals surface area contributed by atoms with E-state index in [9.17, 15) is 24.3 Å². The molecule has 1 spiro atoms. The van der Waals surface area contributed by atoms with Crippen LogP contribution < -0.4 is 10.2 Å². The first kappa shape index (κ1) is 30.1. The lowest BCUT2D eigenvalue weighted by molar-refractivity contribution is -0.159. The molecule has 6 rings (SSSR count). The quantitative estimate of drug-likeness (QED) is 0.398. The van der Waals surface area contributed by atoms with Gasteiger partial charge in [-0.3, -0.25) is 19.2 Å². The molecule has 0 unspecified atom stereocenters. The first-order valence-electron chi connectivity index (χ1n) is 14.8. The summed E-state index contributed by atoms with van der Waals surface area (Å²) >= 11 is 6.58. The number of hydrogen-bond acceptors (Lipinski definition) is 7. The fourth-order valence-corrected chi connectivity index (χ4v) is 7.24. The number of β-amino-alcohol motifs (C(OH)–C–C–N with tert-alkyl or cyclic N) is 1. The van der Waals surface area contributed by atoms with E-state index >= 15 is 0 Å². The maximum absolute atomic E-state index is 14.5. The van der Waals surface area contributed by atoms with Crippen molar-refractivity contribution in [3.8, 4) is 0 Å². The fraction of sp³-hybridized carbons (Fsp3) is 0.394. The summed E-state index contributed by atoms with van der Waals surface area (Å²) in [5, 5.41) is 13.2. The van der Waals surface area contributed by atoms with Crippen LogP contribution in [0.1, 0.15) is 30.1 Å². The van der Waals surface area contributed by atoms with Gasteiger partial charge in [0.2, 0.25) is 11.8 Å². The highest BCUT2D eigenvalue weighted by Gasteiger charge is 2.71. The van der Waals surface area contributed by atoms with Crippen LogP contribution in [0.5, 0.6) is 0 Å². The zero-order valence-electron chi connectivity index (χ0n) is 24.2. The number of esters is 1. The second kappa shape index (κ2) is 12.2. The second-order valence-corrected chi connectivity index (χ2v) is 11.9. The van der Waals surface area contributed by atoms with Crippen LogP contribution in [0.2, 0.25) is 5.02 Å². The Morgan fingerprint density at radius 3 is 2.59 bits per heavy atom. The van der Waals surface area contributed by atoms with Crippen molar-refractivity contribution in [1.29, 1.82) is 0 Å². The van der Waals surface area contributed by atoms with E-state index in [0.717, 1.165) is 5.56 Å². The van der Waals surface area contributed by atoms with Gasteiger partial charge < -0.3 is 29.7 Å². The average molecular weight is 620 g/mol. The Morgan fingerprint density at radius 2 is 1.84 bits per heavy atom. The molecule has 4 aliphatic heterocycles. The molecule has 6 atom stereocenters. The molecule has 4 aliphatic rings. The number of carbonyl (C=O) groups excluding carboxylic acids is 4. The van der Waals surface area contributed by atoms with E-state index in [2.05, 4.69) is 5.32 Å². The van der Waals surface area contributed by atoms with Gasteiger partial charge in [0.25, 0.3) is 5.91 Å². The molecule has 230 valence electrons. The number of amides is 3. The van der Waals surface area contributed by atoms with Crippen LogP contribution in [0.3, 0.4) is 0 Å². The number of cyclic esters (lactones) is 1. The van der Waals surface area contributed by atoms with Gasteiger partial charge in [-0.05, 0) is 30.5 Å². The number of likely N-dealkylation sites (tertiary alicyclic amines) is 1. The molecule has 0 radical (unpaired) electrons. The Balaban J connectivity index is 1.43. The number of aliphatic hydroxyl groups is 1. The maximum atomic E-state index is 14.5. The van der Waals surface area contributed by atoms with Crippen molar-refractivity contribution in [2.24, 2.45) is 11.8 Å². The molecular formula is C33H34ClN3O7. The van der Waals surface area contributed by atoms with Crippen LogP contribution in [-0.2, 0) is 28.7 Å². The number of nitrogens with zero attached hydrogens (tertiary/aromatic N) is 2. The van der Waals surface area contributed by atoms with Crippen molar-refractivity contribution in [2.75, 3.05) is 31.1 Å². The molecule has 0 aliphatic carbocycles. The molecule has 10 nitrogen and oxygen atoms in total. The van der Waals surface area contributed by atoms with Gasteiger partial charge in [0.05, 0.1) is 35.9 Å². The summed E-state index contributed by atoms with van der Waals surface area (Å²) in [6, 6.07) is 13.2. The van der Waals surface area contributed by atoms with E-state index < -0.39 is 53.5 Å². The minimum absolute atomic E-state index is 0.0596. The number of anilines is 1. The summed E-state index contributed by atoms with van der Waals surface area (Å²) in [7, 11) is 0. The highest BCUT2D eigenvalue weighted by molar-refractivity contribution is 6.34. The van der Waals surface area contributed by atoms with Crippen LogP contribution in [0.15, 0.2) is 72.8 Å². The Hall–Kier alpha value is -3.99. The number of allylic oxidation sites excluding steroid dienone is 1. The molecule has 11 heteroatoms. The monoisotopic (exact) mass is 619 g/mol. The van der Waals surface area contributed by atoms with Gasteiger partial charge in [-0.1, -0.05) is 78.4 Å². The van der Waals surface area contributed by atoms with E-state index in [4.69, 9.17) is 21.1 Å². The zero-order chi connectivity index (χ0) is 31.0. The number of para-hydroxylation sites is 1. The van der Waals surface area contributed by atoms with Crippen molar-refractivity contribution < 1.29 is 33.8 Å². The number of ether oxygens (including phenoxy) is 2. The van der Waals surface area contributed by atoms with Gasteiger partial charge in [-0.25, -0.2) is 0 Å². The standard InChI is InChI=1S/C33H34ClN3O7/c1-20-9-7-12-22(34)28(20)36-16-8-15-33-27(30(40)37(17-18-38)29(33)31(36)41)26-23(44-33)13-5-6-14-25(39)35-19-24(43-32(26)42)21-10-3-2-4-11-21/h2-5,7-13,15,23-24,26-27,29,38H,6,14,16-19H2,1H3,(H,35,39)/b13-5-/t23-,24+,26+,27+,29-,33+/m0/s1. The van der Waals surface area contributed by atoms with Crippen LogP contribution in [0, 0.1) is 18.8 Å². The molecule has 2 fully saturated rings. The first-order valence-corrected chi connectivity index (χ1v) is 15.2. The molecule has 0 saturated carbocycles. The lowest BCUT2D eigenvalue weighted by atomic mass is 9.78. The summed E-state index contributed by atoms with van der Waals surface area (Å²) in [5.74, 6) is -3.95. The number of nitrogens with one attached hydrogen (secondary N) is 1. The fourth-order valence-electron chi connectivity index (χ4n) is 6.92. The lowest BCUT2D eigenvalue weighted by Crippen LogP contribution is -2.56. The van der Waals surface area contributed by atoms with Crippen LogP contribution in [-0.4, -0.2) is 77.7 Å². The molecule has 0 bridgehead atoms. The summed E-state index contributed by atoms with van der Waals surface area (Å²) in [5.41, 5.74) is 0.474. The number of benzene rings is 2. The van der Waals surface area contributed by atoms with Gasteiger partial charge in [0, 0.05) is 19.5 Å². The van der Waals surface area contributed by atoms with Gasteiger partial charge in [0.1, 0.15) is 23.7 Å². The van der Waals surface area contributed by atoms with Crippen LogP contribution >= 0.6 is 11.6 Å². The van der Waals surface area contributed by atoms with Crippen molar-refractivity contribution in [3.63, 3.8) is 0 Å².